The molecule has 0 bridgehead atoms. The van der Waals surface area contributed by atoms with Crippen molar-refractivity contribution < 1.29 is 4.79 Å². The number of carbonyl (C=O) groups excluding carboxylic acids is 1. The van der Waals surface area contributed by atoms with Crippen molar-refractivity contribution in [2.75, 3.05) is 19.6 Å². The van der Waals surface area contributed by atoms with E-state index in [1.807, 2.05) is 10.3 Å². The average molecular weight is 303 g/mol. The highest BCUT2D eigenvalue weighted by Gasteiger charge is 2.23. The van der Waals surface area contributed by atoms with E-state index in [0.29, 0.717) is 6.42 Å². The molecule has 1 fully saturated rings. The first-order valence-corrected chi connectivity index (χ1v) is 7.83. The summed E-state index contributed by atoms with van der Waals surface area (Å²) in [4.78, 5) is 27.0. The van der Waals surface area contributed by atoms with Crippen molar-refractivity contribution in [2.24, 2.45) is 0 Å². The first kappa shape index (κ1) is 14.1. The maximum Gasteiger partial charge on any atom is 0.228 e. The predicted molar refractivity (Wildman–Crippen MR) is 80.9 cm³/mol. The molecular weight excluding hydrogens is 286 g/mol. The molecule has 6 nitrogen and oxygen atoms in total. The van der Waals surface area contributed by atoms with E-state index in [-0.39, 0.29) is 11.9 Å². The number of nitrogens with one attached hydrogen (secondary N) is 1. The van der Waals surface area contributed by atoms with Gasteiger partial charge in [0.2, 0.25) is 5.91 Å². The number of hydrogen-bond acceptors (Lipinski definition) is 6. The van der Waals surface area contributed by atoms with Crippen LogP contribution in [0.1, 0.15) is 12.6 Å². The Hall–Kier alpha value is -1.86. The molecule has 1 aliphatic rings. The van der Waals surface area contributed by atoms with E-state index in [1.54, 1.807) is 18.6 Å². The molecular formula is C14H17N5OS. The molecule has 1 saturated heterocycles. The van der Waals surface area contributed by atoms with Gasteiger partial charge in [-0.25, -0.2) is 4.98 Å². The van der Waals surface area contributed by atoms with E-state index in [2.05, 4.69) is 27.2 Å². The van der Waals surface area contributed by atoms with E-state index in [1.165, 1.54) is 11.3 Å². The van der Waals surface area contributed by atoms with Gasteiger partial charge >= 0.3 is 0 Å². The summed E-state index contributed by atoms with van der Waals surface area (Å²) < 4.78 is 0. The number of thiazole rings is 1. The molecule has 0 unspecified atom stereocenters. The van der Waals surface area contributed by atoms with Gasteiger partial charge in [-0.1, -0.05) is 0 Å². The number of nitrogens with zero attached hydrogens (tertiary/aromatic N) is 4. The second kappa shape index (κ2) is 6.28. The first-order chi connectivity index (χ1) is 10.2. The molecule has 21 heavy (non-hydrogen) atoms. The second-order valence-corrected chi connectivity index (χ2v) is 5.91. The Bertz CT molecular complexity index is 615. The standard InChI is InChI=1S/C14H17N5OS/c1-10-7-16-4-5-19(10)13(20)6-11-9-21-14(18-11)12-8-15-2-3-17-12/h2-3,8-10,16H,4-7H2,1H3/t10-/m0/s1. The van der Waals surface area contributed by atoms with Gasteiger partial charge in [-0.05, 0) is 6.92 Å². The quantitative estimate of drug-likeness (QED) is 0.914. The van der Waals surface area contributed by atoms with Gasteiger partial charge in [0.15, 0.2) is 0 Å². The Balaban J connectivity index is 1.68. The molecule has 0 aromatic carbocycles. The predicted octanol–water partition coefficient (Wildman–Crippen LogP) is 0.963. The van der Waals surface area contributed by atoms with E-state index in [9.17, 15) is 4.79 Å². The molecule has 2 aromatic rings. The van der Waals surface area contributed by atoms with Crippen LogP contribution in [0.5, 0.6) is 0 Å². The Kier molecular flexibility index (Phi) is 4.21. The number of hydrogen-bond donors (Lipinski definition) is 1. The normalized spacial score (nSPS) is 18.7. The van der Waals surface area contributed by atoms with Crippen LogP contribution in [0.4, 0.5) is 0 Å². The summed E-state index contributed by atoms with van der Waals surface area (Å²) in [7, 11) is 0. The fourth-order valence-electron chi connectivity index (χ4n) is 2.38. The van der Waals surface area contributed by atoms with E-state index in [4.69, 9.17) is 0 Å². The SMILES string of the molecule is C[C@H]1CNCCN1C(=O)Cc1csc(-c2cnccn2)n1. The molecule has 3 rings (SSSR count). The zero-order chi connectivity index (χ0) is 14.7. The average Bonchev–Trinajstić information content (AvgIpc) is 2.97. The van der Waals surface area contributed by atoms with Crippen LogP contribution >= 0.6 is 11.3 Å². The number of aromatic nitrogens is 3. The van der Waals surface area contributed by atoms with Crippen LogP contribution in [0.25, 0.3) is 10.7 Å². The highest BCUT2D eigenvalue weighted by Crippen LogP contribution is 2.21. The van der Waals surface area contributed by atoms with Crippen molar-refractivity contribution >= 4 is 17.2 Å². The molecule has 1 amide bonds. The summed E-state index contributed by atoms with van der Waals surface area (Å²) in [6.07, 6.45) is 5.31. The van der Waals surface area contributed by atoms with Crippen LogP contribution in [0.2, 0.25) is 0 Å². The van der Waals surface area contributed by atoms with Gasteiger partial charge in [-0.15, -0.1) is 11.3 Å². The van der Waals surface area contributed by atoms with Crippen LogP contribution in [0, 0.1) is 0 Å². The largest absolute Gasteiger partial charge is 0.337 e. The molecule has 3 heterocycles. The van der Waals surface area contributed by atoms with Crippen molar-refractivity contribution in [1.82, 2.24) is 25.2 Å². The summed E-state index contributed by atoms with van der Waals surface area (Å²) >= 11 is 1.50. The molecule has 110 valence electrons. The summed E-state index contributed by atoms with van der Waals surface area (Å²) in [6.45, 7) is 4.54. The monoisotopic (exact) mass is 303 g/mol. The molecule has 0 spiro atoms. The highest BCUT2D eigenvalue weighted by molar-refractivity contribution is 7.13. The minimum absolute atomic E-state index is 0.139. The number of amides is 1. The van der Waals surface area contributed by atoms with Gasteiger partial charge in [0, 0.05) is 43.4 Å². The lowest BCUT2D eigenvalue weighted by Gasteiger charge is -2.33. The van der Waals surface area contributed by atoms with Crippen LogP contribution in [0.3, 0.4) is 0 Å². The van der Waals surface area contributed by atoms with Crippen molar-refractivity contribution in [3.8, 4) is 10.7 Å². The van der Waals surface area contributed by atoms with Crippen molar-refractivity contribution in [3.63, 3.8) is 0 Å². The Labute approximate surface area is 127 Å². The summed E-state index contributed by atoms with van der Waals surface area (Å²) in [5, 5.41) is 6.02. The van der Waals surface area contributed by atoms with Crippen molar-refractivity contribution in [2.45, 2.75) is 19.4 Å². The zero-order valence-corrected chi connectivity index (χ0v) is 12.6. The molecule has 7 heteroatoms. The van der Waals surface area contributed by atoms with Gasteiger partial charge < -0.3 is 10.2 Å². The summed E-state index contributed by atoms with van der Waals surface area (Å²) in [6, 6.07) is 0.240. The summed E-state index contributed by atoms with van der Waals surface area (Å²) in [5.41, 5.74) is 1.55. The Morgan fingerprint density at radius 3 is 3.19 bits per heavy atom. The van der Waals surface area contributed by atoms with E-state index in [0.717, 1.165) is 36.0 Å². The fourth-order valence-corrected chi connectivity index (χ4v) is 3.16. The minimum atomic E-state index is 0.139. The van der Waals surface area contributed by atoms with Crippen LogP contribution in [0.15, 0.2) is 24.0 Å². The topological polar surface area (TPSA) is 71.0 Å². The first-order valence-electron chi connectivity index (χ1n) is 6.95. The molecule has 1 atom stereocenters. The van der Waals surface area contributed by atoms with Crippen LogP contribution in [-0.2, 0) is 11.2 Å². The molecule has 2 aromatic heterocycles. The van der Waals surface area contributed by atoms with Crippen LogP contribution in [-0.4, -0.2) is 51.4 Å². The second-order valence-electron chi connectivity index (χ2n) is 5.05. The number of piperazine rings is 1. The maximum absolute atomic E-state index is 12.4. The van der Waals surface area contributed by atoms with E-state index < -0.39 is 0 Å². The number of rotatable bonds is 3. The third-order valence-electron chi connectivity index (χ3n) is 3.49. The zero-order valence-electron chi connectivity index (χ0n) is 11.8. The van der Waals surface area contributed by atoms with Gasteiger partial charge in [-0.3, -0.25) is 14.8 Å². The third kappa shape index (κ3) is 3.25. The molecule has 0 radical (unpaired) electrons. The maximum atomic E-state index is 12.4. The van der Waals surface area contributed by atoms with Crippen LogP contribution < -0.4 is 5.32 Å². The third-order valence-corrected chi connectivity index (χ3v) is 4.40. The van der Waals surface area contributed by atoms with Gasteiger partial charge in [-0.2, -0.15) is 0 Å². The highest BCUT2D eigenvalue weighted by atomic mass is 32.1. The molecule has 0 saturated carbocycles. The smallest absolute Gasteiger partial charge is 0.228 e. The molecule has 1 N–H and O–H groups in total. The lowest BCUT2D eigenvalue weighted by molar-refractivity contribution is -0.133. The lowest BCUT2D eigenvalue weighted by Crippen LogP contribution is -2.52. The summed E-state index contributed by atoms with van der Waals surface area (Å²) in [5.74, 6) is 0.139. The van der Waals surface area contributed by atoms with Crippen molar-refractivity contribution in [3.05, 3.63) is 29.7 Å². The Morgan fingerprint density at radius 1 is 1.52 bits per heavy atom. The lowest BCUT2D eigenvalue weighted by atomic mass is 10.2. The van der Waals surface area contributed by atoms with Gasteiger partial charge in [0.05, 0.1) is 18.3 Å². The molecule has 1 aliphatic heterocycles. The van der Waals surface area contributed by atoms with Crippen molar-refractivity contribution in [1.29, 1.82) is 0 Å². The number of carbonyl (C=O) groups is 1. The Morgan fingerprint density at radius 2 is 2.43 bits per heavy atom. The fraction of sp³-hybridized carbons (Fsp3) is 0.429. The van der Waals surface area contributed by atoms with Gasteiger partial charge in [0.1, 0.15) is 10.7 Å². The minimum Gasteiger partial charge on any atom is -0.337 e. The van der Waals surface area contributed by atoms with Gasteiger partial charge in [0.25, 0.3) is 0 Å². The molecule has 0 aliphatic carbocycles. The van der Waals surface area contributed by atoms with E-state index >= 15 is 0 Å².